The highest BCUT2D eigenvalue weighted by Gasteiger charge is 2.22. The molecule has 4 heteroatoms. The van der Waals surface area contributed by atoms with Gasteiger partial charge in [-0.25, -0.2) is 0 Å². The second kappa shape index (κ2) is 5.95. The maximum absolute atomic E-state index is 5.83. The minimum atomic E-state index is 0.0821. The molecule has 0 bridgehead atoms. The number of rotatable bonds is 4. The molecule has 4 nitrogen and oxygen atoms in total. The second-order valence-electron chi connectivity index (χ2n) is 6.72. The fraction of sp³-hybridized carbons (Fsp3) is 0.800. The Balaban J connectivity index is 1.83. The number of hydrogen-bond donors (Lipinski definition) is 1. The summed E-state index contributed by atoms with van der Waals surface area (Å²) >= 11 is 0. The van der Waals surface area contributed by atoms with Crippen LogP contribution in [0.5, 0.6) is 6.08 Å². The van der Waals surface area contributed by atoms with E-state index >= 15 is 0 Å². The first-order chi connectivity index (χ1) is 8.92. The van der Waals surface area contributed by atoms with Crippen LogP contribution < -0.4 is 10.1 Å². The fourth-order valence-corrected chi connectivity index (χ4v) is 2.41. The first kappa shape index (κ1) is 14.4. The molecule has 0 aliphatic heterocycles. The lowest BCUT2D eigenvalue weighted by molar-refractivity contribution is 0.0938. The Labute approximate surface area is 115 Å². The zero-order valence-corrected chi connectivity index (χ0v) is 12.5. The molecular weight excluding hydrogens is 240 g/mol. The lowest BCUT2D eigenvalue weighted by atomic mass is 9.89. The van der Waals surface area contributed by atoms with Gasteiger partial charge in [-0.3, -0.25) is 0 Å². The third kappa shape index (κ3) is 4.86. The van der Waals surface area contributed by atoms with Crippen molar-refractivity contribution >= 4 is 0 Å². The average Bonchev–Trinajstić information content (AvgIpc) is 2.73. The molecule has 19 heavy (non-hydrogen) atoms. The molecule has 0 saturated heterocycles. The smallest absolute Gasteiger partial charge is 0.394 e. The van der Waals surface area contributed by atoms with Gasteiger partial charge in [0.15, 0.2) is 0 Å². The van der Waals surface area contributed by atoms with Gasteiger partial charge in [0, 0.05) is 12.1 Å². The van der Waals surface area contributed by atoms with Crippen LogP contribution in [0.25, 0.3) is 0 Å². The Morgan fingerprint density at radius 3 is 2.89 bits per heavy atom. The number of aromatic nitrogens is 1. The quantitative estimate of drug-likeness (QED) is 0.905. The maximum atomic E-state index is 5.83. The molecule has 1 saturated carbocycles. The topological polar surface area (TPSA) is 47.3 Å². The molecule has 1 fully saturated rings. The third-order valence-corrected chi connectivity index (χ3v) is 3.49. The van der Waals surface area contributed by atoms with E-state index in [-0.39, 0.29) is 11.6 Å². The van der Waals surface area contributed by atoms with Crippen LogP contribution in [0.15, 0.2) is 10.7 Å². The number of nitrogens with zero attached hydrogens (tertiary/aromatic N) is 1. The lowest BCUT2D eigenvalue weighted by Gasteiger charge is -2.25. The van der Waals surface area contributed by atoms with Crippen LogP contribution in [0.4, 0.5) is 0 Å². The van der Waals surface area contributed by atoms with E-state index < -0.39 is 0 Å². The summed E-state index contributed by atoms with van der Waals surface area (Å²) < 4.78 is 11.2. The molecule has 0 spiro atoms. The summed E-state index contributed by atoms with van der Waals surface area (Å²) in [6, 6.07) is 0. The van der Waals surface area contributed by atoms with Gasteiger partial charge in [-0.1, -0.05) is 13.3 Å². The van der Waals surface area contributed by atoms with Crippen LogP contribution in [0.3, 0.4) is 0 Å². The molecule has 0 aromatic carbocycles. The molecular formula is C15H26N2O2. The normalized spacial score (nSPS) is 24.4. The zero-order valence-electron chi connectivity index (χ0n) is 12.5. The van der Waals surface area contributed by atoms with Crippen molar-refractivity contribution in [2.24, 2.45) is 5.92 Å². The maximum Gasteiger partial charge on any atom is 0.394 e. The summed E-state index contributed by atoms with van der Waals surface area (Å²) in [5, 5.41) is 3.38. The largest absolute Gasteiger partial charge is 0.447 e. The minimum absolute atomic E-state index is 0.0821. The van der Waals surface area contributed by atoms with Crippen molar-refractivity contribution in [1.29, 1.82) is 0 Å². The average molecular weight is 266 g/mol. The van der Waals surface area contributed by atoms with Gasteiger partial charge in [0.2, 0.25) is 0 Å². The Kier molecular flexibility index (Phi) is 4.50. The Hall–Kier alpha value is -1.03. The standard InChI is InChI=1S/C15H26N2O2/c1-11-6-5-7-13(8-11)19-14-17-12(10-18-14)9-16-15(2,3)4/h10-11,13,16H,5-9H2,1-4H3. The van der Waals surface area contributed by atoms with E-state index in [0.29, 0.717) is 12.6 Å². The molecule has 1 aromatic rings. The van der Waals surface area contributed by atoms with E-state index in [0.717, 1.165) is 24.5 Å². The Morgan fingerprint density at radius 2 is 2.21 bits per heavy atom. The van der Waals surface area contributed by atoms with Crippen molar-refractivity contribution in [3.8, 4) is 6.08 Å². The van der Waals surface area contributed by atoms with Gasteiger partial charge in [-0.2, -0.15) is 4.98 Å². The highest BCUT2D eigenvalue weighted by atomic mass is 16.6. The molecule has 108 valence electrons. The van der Waals surface area contributed by atoms with E-state index in [9.17, 15) is 0 Å². The van der Waals surface area contributed by atoms with Crippen LogP contribution in [0.2, 0.25) is 0 Å². The van der Waals surface area contributed by atoms with Crippen LogP contribution >= 0.6 is 0 Å². The van der Waals surface area contributed by atoms with E-state index in [1.54, 1.807) is 6.26 Å². The number of hydrogen-bond acceptors (Lipinski definition) is 4. The Bertz CT molecular complexity index is 395. The molecule has 1 aliphatic carbocycles. The fourth-order valence-electron chi connectivity index (χ4n) is 2.41. The lowest BCUT2D eigenvalue weighted by Crippen LogP contribution is -2.35. The van der Waals surface area contributed by atoms with E-state index in [2.05, 4.69) is 38.0 Å². The number of nitrogens with one attached hydrogen (secondary N) is 1. The predicted molar refractivity (Wildman–Crippen MR) is 75.1 cm³/mol. The van der Waals surface area contributed by atoms with Gasteiger partial charge >= 0.3 is 6.08 Å². The summed E-state index contributed by atoms with van der Waals surface area (Å²) in [4.78, 5) is 4.38. The molecule has 2 unspecified atom stereocenters. The third-order valence-electron chi connectivity index (χ3n) is 3.49. The number of ether oxygens (including phenoxy) is 1. The van der Waals surface area contributed by atoms with Crippen LogP contribution in [-0.2, 0) is 6.54 Å². The van der Waals surface area contributed by atoms with Crippen molar-refractivity contribution in [1.82, 2.24) is 10.3 Å². The molecule has 0 radical (unpaired) electrons. The van der Waals surface area contributed by atoms with Crippen LogP contribution in [-0.4, -0.2) is 16.6 Å². The van der Waals surface area contributed by atoms with Gasteiger partial charge in [-0.05, 0) is 46.0 Å². The number of oxazole rings is 1. The van der Waals surface area contributed by atoms with Gasteiger partial charge in [0.25, 0.3) is 0 Å². The van der Waals surface area contributed by atoms with Crippen molar-refractivity contribution in [3.05, 3.63) is 12.0 Å². The van der Waals surface area contributed by atoms with Crippen molar-refractivity contribution in [3.63, 3.8) is 0 Å². The Morgan fingerprint density at radius 1 is 1.42 bits per heavy atom. The zero-order chi connectivity index (χ0) is 13.9. The van der Waals surface area contributed by atoms with Gasteiger partial charge < -0.3 is 14.5 Å². The predicted octanol–water partition coefficient (Wildman–Crippen LogP) is 3.52. The molecule has 1 heterocycles. The highest BCUT2D eigenvalue weighted by molar-refractivity contribution is 5.00. The summed E-state index contributed by atoms with van der Waals surface area (Å²) in [6.45, 7) is 9.39. The molecule has 2 rings (SSSR count). The van der Waals surface area contributed by atoms with Gasteiger partial charge in [0.1, 0.15) is 12.4 Å². The van der Waals surface area contributed by atoms with Crippen molar-refractivity contribution in [2.75, 3.05) is 0 Å². The first-order valence-electron chi connectivity index (χ1n) is 7.28. The molecule has 1 aromatic heterocycles. The monoisotopic (exact) mass is 266 g/mol. The summed E-state index contributed by atoms with van der Waals surface area (Å²) in [5.74, 6) is 0.746. The molecule has 1 aliphatic rings. The molecule has 0 amide bonds. The molecule has 1 N–H and O–H groups in total. The summed E-state index contributed by atoms with van der Waals surface area (Å²) in [7, 11) is 0. The second-order valence-corrected chi connectivity index (χ2v) is 6.72. The van der Waals surface area contributed by atoms with E-state index in [1.807, 2.05) is 0 Å². The summed E-state index contributed by atoms with van der Waals surface area (Å²) in [5.41, 5.74) is 0.979. The summed E-state index contributed by atoms with van der Waals surface area (Å²) in [6.07, 6.45) is 7.15. The van der Waals surface area contributed by atoms with Gasteiger partial charge in [-0.15, -0.1) is 0 Å². The van der Waals surface area contributed by atoms with Crippen LogP contribution in [0.1, 0.15) is 59.1 Å². The van der Waals surface area contributed by atoms with E-state index in [4.69, 9.17) is 9.15 Å². The first-order valence-corrected chi connectivity index (χ1v) is 7.28. The van der Waals surface area contributed by atoms with Crippen molar-refractivity contribution in [2.45, 2.75) is 71.6 Å². The van der Waals surface area contributed by atoms with Crippen LogP contribution in [0, 0.1) is 5.92 Å². The van der Waals surface area contributed by atoms with Crippen molar-refractivity contribution < 1.29 is 9.15 Å². The minimum Gasteiger partial charge on any atom is -0.447 e. The SMILES string of the molecule is CC1CCCC(Oc2nc(CNC(C)(C)C)co2)C1. The van der Waals surface area contributed by atoms with E-state index in [1.165, 1.54) is 12.8 Å². The van der Waals surface area contributed by atoms with Gasteiger partial charge in [0.05, 0.1) is 5.69 Å². The molecule has 2 atom stereocenters. The highest BCUT2D eigenvalue weighted by Crippen LogP contribution is 2.27.